The monoisotopic (exact) mass is 418 g/mol. The van der Waals surface area contributed by atoms with E-state index in [4.69, 9.17) is 0 Å². The summed E-state index contributed by atoms with van der Waals surface area (Å²) in [5.41, 5.74) is 0. The number of carboxylic acid groups (broad SMARTS) is 2. The first kappa shape index (κ1) is 27.1. The summed E-state index contributed by atoms with van der Waals surface area (Å²) in [6, 6.07) is 0. The van der Waals surface area contributed by atoms with Gasteiger partial charge in [-0.15, -0.1) is 0 Å². The third-order valence-electron chi connectivity index (χ3n) is 4.29. The molecule has 0 heterocycles. The first-order chi connectivity index (χ1) is 13.0. The van der Waals surface area contributed by atoms with Crippen molar-refractivity contribution in [3.05, 3.63) is 0 Å². The van der Waals surface area contributed by atoms with E-state index in [0.29, 0.717) is 0 Å². The van der Waals surface area contributed by atoms with E-state index in [-0.39, 0.29) is 41.3 Å². The van der Waals surface area contributed by atoms with Gasteiger partial charge in [-0.3, -0.25) is 9.59 Å². The van der Waals surface area contributed by atoms with Crippen LogP contribution in [0.3, 0.4) is 0 Å². The molecule has 4 unspecified atom stereocenters. The van der Waals surface area contributed by atoms with Crippen LogP contribution in [0.15, 0.2) is 0 Å². The smallest absolute Gasteiger partial charge is 0.144 e. The number of rotatable bonds is 14. The summed E-state index contributed by atoms with van der Waals surface area (Å²) in [6.07, 6.45) is -3.71. The van der Waals surface area contributed by atoms with Gasteiger partial charge in [0.1, 0.15) is 36.9 Å². The number of likely N-dealkylation sites (N-methyl/N-ethyl adjacent to an activating group) is 2. The van der Waals surface area contributed by atoms with E-state index < -0.39 is 47.5 Å². The predicted molar refractivity (Wildman–Crippen MR) is 98.7 cm³/mol. The van der Waals surface area contributed by atoms with E-state index in [1.165, 1.54) is 0 Å². The van der Waals surface area contributed by atoms with Crippen LogP contribution < -0.4 is 10.2 Å². The number of hydrogen-bond acceptors (Lipinski definition) is 8. The largest absolute Gasteiger partial charge is 0.549 e. The second-order valence-electron chi connectivity index (χ2n) is 9.46. The summed E-state index contributed by atoms with van der Waals surface area (Å²) in [5, 5.41) is 42.8. The van der Waals surface area contributed by atoms with E-state index >= 15 is 0 Å². The summed E-state index contributed by atoms with van der Waals surface area (Å²) < 4.78 is 0.461. The Morgan fingerprint density at radius 1 is 0.690 bits per heavy atom. The van der Waals surface area contributed by atoms with Crippen LogP contribution in [0.1, 0.15) is 19.3 Å². The van der Waals surface area contributed by atoms with Crippen molar-refractivity contribution in [3.8, 4) is 0 Å². The van der Waals surface area contributed by atoms with Crippen molar-refractivity contribution in [2.45, 2.75) is 31.5 Å². The number of quaternary nitrogens is 2. The Morgan fingerprint density at radius 2 is 0.966 bits per heavy atom. The summed E-state index contributed by atoms with van der Waals surface area (Å²) in [5.74, 6) is -8.46. The molecule has 0 aromatic carbocycles. The molecule has 0 amide bonds. The number of nitrogens with zero attached hydrogens (tertiary/aromatic N) is 2. The summed E-state index contributed by atoms with van der Waals surface area (Å²) in [6.45, 7) is 0.0145. The van der Waals surface area contributed by atoms with Gasteiger partial charge in [0, 0.05) is 12.8 Å². The van der Waals surface area contributed by atoms with Gasteiger partial charge in [0.2, 0.25) is 0 Å². The summed E-state index contributed by atoms with van der Waals surface area (Å²) >= 11 is 0. The molecule has 0 radical (unpaired) electrons. The highest BCUT2D eigenvalue weighted by Gasteiger charge is 2.33. The van der Waals surface area contributed by atoms with Gasteiger partial charge >= 0.3 is 0 Å². The highest BCUT2D eigenvalue weighted by atomic mass is 16.4. The molecule has 10 heteroatoms. The van der Waals surface area contributed by atoms with Crippen molar-refractivity contribution >= 4 is 23.5 Å². The molecule has 0 spiro atoms. The quantitative estimate of drug-likeness (QED) is 0.215. The number of aliphatic hydroxyl groups excluding tert-OH is 2. The minimum absolute atomic E-state index is 0.00726. The fourth-order valence-electron chi connectivity index (χ4n) is 3.09. The Balaban J connectivity index is 4.95. The first-order valence-corrected chi connectivity index (χ1v) is 9.40. The number of carbonyl (C=O) groups is 4. The van der Waals surface area contributed by atoms with Crippen LogP contribution in [0.4, 0.5) is 0 Å². The molecule has 0 bridgehead atoms. The van der Waals surface area contributed by atoms with Crippen LogP contribution in [0.25, 0.3) is 0 Å². The number of carbonyl (C=O) groups excluding carboxylic acids is 4. The van der Waals surface area contributed by atoms with E-state index in [1.807, 2.05) is 0 Å². The zero-order valence-electron chi connectivity index (χ0n) is 18.1. The van der Waals surface area contributed by atoms with Gasteiger partial charge in [-0.25, -0.2) is 0 Å². The Morgan fingerprint density at radius 3 is 1.17 bits per heavy atom. The fraction of sp³-hybridized carbons (Fsp3) is 0.789. The van der Waals surface area contributed by atoms with Crippen LogP contribution >= 0.6 is 0 Å². The number of aliphatic carboxylic acids is 2. The molecule has 0 fully saturated rings. The average Bonchev–Trinajstić information content (AvgIpc) is 2.42. The van der Waals surface area contributed by atoms with E-state index in [9.17, 15) is 39.6 Å². The highest BCUT2D eigenvalue weighted by Crippen LogP contribution is 2.16. The lowest BCUT2D eigenvalue weighted by atomic mass is 9.90. The molecule has 0 aliphatic heterocycles. The molecular weight excluding hydrogens is 384 g/mol. The Kier molecular flexibility index (Phi) is 10.1. The second-order valence-corrected chi connectivity index (χ2v) is 9.46. The standard InChI is InChI=1S/C19H34N2O8/c1-20(2,3)10-14(24)16(18(26)27)12(22)8-7-9-13(23)17(19(28)29)15(25)11-21(4,5)6/h14-17,24-25H,7-11H2,1-6H3. The molecule has 0 aromatic rings. The van der Waals surface area contributed by atoms with Gasteiger partial charge in [0.25, 0.3) is 0 Å². The molecule has 10 nitrogen and oxygen atoms in total. The number of carboxylic acids is 2. The van der Waals surface area contributed by atoms with Gasteiger partial charge in [-0.1, -0.05) is 0 Å². The molecule has 29 heavy (non-hydrogen) atoms. The van der Waals surface area contributed by atoms with E-state index in [2.05, 4.69) is 0 Å². The predicted octanol–water partition coefficient (Wildman–Crippen LogP) is -3.84. The third-order valence-corrected chi connectivity index (χ3v) is 4.29. The minimum atomic E-state index is -1.73. The van der Waals surface area contributed by atoms with E-state index in [0.717, 1.165) is 0 Å². The number of aliphatic hydroxyl groups is 2. The van der Waals surface area contributed by atoms with Crippen molar-refractivity contribution in [1.29, 1.82) is 0 Å². The molecule has 168 valence electrons. The normalized spacial score (nSPS) is 16.6. The zero-order valence-corrected chi connectivity index (χ0v) is 18.1. The Bertz CT molecular complexity index is 554. The average molecular weight is 418 g/mol. The lowest BCUT2D eigenvalue weighted by Crippen LogP contribution is -2.51. The maximum Gasteiger partial charge on any atom is 0.144 e. The third kappa shape index (κ3) is 10.5. The fourth-order valence-corrected chi connectivity index (χ4v) is 3.09. The first-order valence-electron chi connectivity index (χ1n) is 9.40. The molecule has 0 saturated carbocycles. The van der Waals surface area contributed by atoms with Crippen molar-refractivity contribution in [2.75, 3.05) is 55.4 Å². The zero-order chi connectivity index (χ0) is 23.2. The molecular formula is C19H34N2O8. The van der Waals surface area contributed by atoms with Crippen molar-refractivity contribution in [3.63, 3.8) is 0 Å². The molecule has 4 atom stereocenters. The molecule has 0 aliphatic carbocycles. The molecule has 0 aliphatic rings. The minimum Gasteiger partial charge on any atom is -0.549 e. The second kappa shape index (κ2) is 10.8. The maximum absolute atomic E-state index is 12.2. The number of Topliss-reactive ketones (excluding diaryl/α,β-unsaturated/α-hetero) is 2. The van der Waals surface area contributed by atoms with Crippen LogP contribution in [-0.4, -0.2) is 110 Å². The van der Waals surface area contributed by atoms with Gasteiger partial charge in [-0.05, 0) is 6.42 Å². The number of ketones is 2. The lowest BCUT2D eigenvalue weighted by molar-refractivity contribution is -0.873. The van der Waals surface area contributed by atoms with Crippen molar-refractivity contribution in [2.24, 2.45) is 11.8 Å². The van der Waals surface area contributed by atoms with Gasteiger partial charge in [0.15, 0.2) is 0 Å². The molecule has 2 N–H and O–H groups in total. The lowest BCUT2D eigenvalue weighted by Gasteiger charge is -2.31. The molecule has 0 saturated heterocycles. The Hall–Kier alpha value is -1.88. The topological polar surface area (TPSA) is 155 Å². The number of hydrogen-bond donors (Lipinski definition) is 2. The molecule has 0 aromatic heterocycles. The van der Waals surface area contributed by atoms with Crippen molar-refractivity contribution < 1.29 is 48.6 Å². The van der Waals surface area contributed by atoms with Crippen LogP contribution in [0.5, 0.6) is 0 Å². The van der Waals surface area contributed by atoms with Crippen molar-refractivity contribution in [1.82, 2.24) is 0 Å². The van der Waals surface area contributed by atoms with Gasteiger partial charge < -0.3 is 39.0 Å². The highest BCUT2D eigenvalue weighted by molar-refractivity contribution is 5.99. The van der Waals surface area contributed by atoms with Gasteiger partial charge in [-0.2, -0.15) is 0 Å². The van der Waals surface area contributed by atoms with Crippen LogP contribution in [0.2, 0.25) is 0 Å². The SMILES string of the molecule is C[N+](C)(C)CC(O)C(C(=O)[O-])C(=O)CCCC(=O)C(C(=O)[O-])C(O)C[N+](C)(C)C. The maximum atomic E-state index is 12.2. The van der Waals surface area contributed by atoms with Crippen LogP contribution in [-0.2, 0) is 19.2 Å². The summed E-state index contributed by atoms with van der Waals surface area (Å²) in [4.78, 5) is 47.1. The Labute approximate surface area is 171 Å². The van der Waals surface area contributed by atoms with Crippen LogP contribution in [0, 0.1) is 11.8 Å². The molecule has 0 rings (SSSR count). The van der Waals surface area contributed by atoms with E-state index in [1.54, 1.807) is 42.3 Å². The summed E-state index contributed by atoms with van der Waals surface area (Å²) in [7, 11) is 10.3. The van der Waals surface area contributed by atoms with Gasteiger partial charge in [0.05, 0.1) is 66.1 Å².